The van der Waals surface area contributed by atoms with E-state index in [0.29, 0.717) is 51.2 Å². The Bertz CT molecular complexity index is 933. The molecule has 0 N–H and O–H groups in total. The van der Waals surface area contributed by atoms with Gasteiger partial charge in [-0.05, 0) is 37.8 Å². The second kappa shape index (κ2) is 8.11. The summed E-state index contributed by atoms with van der Waals surface area (Å²) in [5.41, 5.74) is 2.25. The van der Waals surface area contributed by atoms with Gasteiger partial charge in [0.25, 0.3) is 0 Å². The molecule has 0 fully saturated rings. The van der Waals surface area contributed by atoms with Crippen molar-refractivity contribution in [2.75, 3.05) is 13.7 Å². The van der Waals surface area contributed by atoms with Crippen molar-refractivity contribution in [3.05, 3.63) is 39.0 Å². The molecule has 0 saturated heterocycles. The van der Waals surface area contributed by atoms with Crippen molar-refractivity contribution in [1.82, 2.24) is 0 Å². The van der Waals surface area contributed by atoms with Crippen molar-refractivity contribution < 1.29 is 19.1 Å². The third-order valence-electron chi connectivity index (χ3n) is 5.42. The van der Waals surface area contributed by atoms with Crippen LogP contribution in [0.3, 0.4) is 0 Å². The first-order valence-corrected chi connectivity index (χ1v) is 10.4. The van der Waals surface area contributed by atoms with Crippen molar-refractivity contribution in [3.63, 3.8) is 0 Å². The summed E-state index contributed by atoms with van der Waals surface area (Å²) >= 11 is 12.7. The quantitative estimate of drug-likeness (QED) is 0.592. The minimum atomic E-state index is -0.748. The Balaban J connectivity index is 2.29. The van der Waals surface area contributed by atoms with Crippen LogP contribution in [0.15, 0.2) is 28.4 Å². The number of esters is 1. The smallest absolute Gasteiger partial charge is 0.315 e. The molecular weight excluding hydrogens is 413 g/mol. The maximum Gasteiger partial charge on any atom is 0.315 e. The van der Waals surface area contributed by atoms with Gasteiger partial charge in [0.2, 0.25) is 0 Å². The van der Waals surface area contributed by atoms with Gasteiger partial charge in [-0.3, -0.25) is 14.6 Å². The molecule has 1 unspecified atom stereocenters. The Labute approximate surface area is 181 Å². The lowest BCUT2D eigenvalue weighted by molar-refractivity contribution is -0.146. The largest absolute Gasteiger partial charge is 0.495 e. The van der Waals surface area contributed by atoms with E-state index in [9.17, 15) is 9.59 Å². The second-order valence-corrected chi connectivity index (χ2v) is 9.12. The number of methoxy groups -OCH3 is 1. The highest BCUT2D eigenvalue weighted by molar-refractivity contribution is 6.35. The molecule has 0 saturated carbocycles. The number of ether oxygens (including phenoxy) is 2. The summed E-state index contributed by atoms with van der Waals surface area (Å²) in [6.45, 7) is 7.86. The fraction of sp³-hybridized carbons (Fsp3) is 0.500. The number of halogens is 2. The van der Waals surface area contributed by atoms with Gasteiger partial charge in [0, 0.05) is 39.9 Å². The third kappa shape index (κ3) is 4.08. The fourth-order valence-corrected chi connectivity index (χ4v) is 4.93. The molecule has 5 nitrogen and oxygen atoms in total. The average Bonchev–Trinajstić information content (AvgIpc) is 2.58. The van der Waals surface area contributed by atoms with Crippen LogP contribution in [0.25, 0.3) is 0 Å². The van der Waals surface area contributed by atoms with Gasteiger partial charge in [0.05, 0.1) is 18.7 Å². The molecule has 0 bridgehead atoms. The number of benzene rings is 1. The molecule has 0 spiro atoms. The van der Waals surface area contributed by atoms with Crippen LogP contribution in [0.1, 0.15) is 52.0 Å². The molecule has 1 heterocycles. The number of aliphatic imine (C=N–C) groups is 1. The van der Waals surface area contributed by atoms with Crippen LogP contribution in [-0.4, -0.2) is 31.2 Å². The predicted octanol–water partition coefficient (Wildman–Crippen LogP) is 5.38. The summed E-state index contributed by atoms with van der Waals surface area (Å²) < 4.78 is 10.9. The van der Waals surface area contributed by atoms with Crippen LogP contribution >= 0.6 is 23.2 Å². The summed E-state index contributed by atoms with van der Waals surface area (Å²) in [6, 6.07) is 3.29. The third-order valence-corrected chi connectivity index (χ3v) is 5.92. The van der Waals surface area contributed by atoms with Gasteiger partial charge in [-0.1, -0.05) is 37.0 Å². The number of Topliss-reactive ketones (excluding diaryl/α,β-unsaturated/α-hetero) is 1. The highest BCUT2D eigenvalue weighted by Gasteiger charge is 2.47. The van der Waals surface area contributed by atoms with Crippen LogP contribution in [0.5, 0.6) is 5.75 Å². The molecule has 0 aromatic heterocycles. The molecule has 0 amide bonds. The number of hydrogen-bond acceptors (Lipinski definition) is 5. The highest BCUT2D eigenvalue weighted by atomic mass is 35.5. The van der Waals surface area contributed by atoms with E-state index in [2.05, 4.69) is 4.99 Å². The molecule has 2 atom stereocenters. The van der Waals surface area contributed by atoms with Crippen molar-refractivity contribution in [1.29, 1.82) is 0 Å². The topological polar surface area (TPSA) is 65.0 Å². The van der Waals surface area contributed by atoms with E-state index in [1.165, 1.54) is 7.11 Å². The summed E-state index contributed by atoms with van der Waals surface area (Å²) in [5, 5.41) is 0.725. The van der Waals surface area contributed by atoms with Gasteiger partial charge in [0.1, 0.15) is 11.7 Å². The lowest BCUT2D eigenvalue weighted by Gasteiger charge is -2.39. The zero-order valence-electron chi connectivity index (χ0n) is 17.3. The second-order valence-electron chi connectivity index (χ2n) is 8.27. The zero-order chi connectivity index (χ0) is 21.5. The summed E-state index contributed by atoms with van der Waals surface area (Å²) in [5.74, 6) is -1.42. The van der Waals surface area contributed by atoms with Crippen LogP contribution in [0.4, 0.5) is 0 Å². The molecular formula is C22H25Cl2NO4. The minimum absolute atomic E-state index is 0.0232. The van der Waals surface area contributed by atoms with Crippen molar-refractivity contribution >= 4 is 40.7 Å². The summed E-state index contributed by atoms with van der Waals surface area (Å²) in [4.78, 5) is 30.8. The lowest BCUT2D eigenvalue weighted by Crippen LogP contribution is -2.39. The van der Waals surface area contributed by atoms with Gasteiger partial charge < -0.3 is 9.47 Å². The van der Waals surface area contributed by atoms with Gasteiger partial charge in [-0.25, -0.2) is 0 Å². The number of carbonyl (C=O) groups excluding carboxylic acids is 2. The zero-order valence-corrected chi connectivity index (χ0v) is 18.8. The minimum Gasteiger partial charge on any atom is -0.495 e. The Morgan fingerprint density at radius 2 is 1.97 bits per heavy atom. The Hall–Kier alpha value is -1.85. The molecule has 7 heteroatoms. The van der Waals surface area contributed by atoms with Crippen LogP contribution in [0.2, 0.25) is 10.0 Å². The van der Waals surface area contributed by atoms with Crippen molar-refractivity contribution in [2.24, 2.45) is 16.3 Å². The normalized spacial score (nSPS) is 23.4. The Morgan fingerprint density at radius 3 is 2.59 bits per heavy atom. The Kier molecular flexibility index (Phi) is 6.11. The van der Waals surface area contributed by atoms with Gasteiger partial charge in [0.15, 0.2) is 5.78 Å². The number of carbonyl (C=O) groups is 2. The lowest BCUT2D eigenvalue weighted by atomic mass is 9.66. The first kappa shape index (κ1) is 21.8. The molecule has 1 aromatic rings. The molecule has 1 aliphatic carbocycles. The number of rotatable bonds is 4. The molecule has 0 radical (unpaired) electrons. The van der Waals surface area contributed by atoms with E-state index < -0.39 is 17.8 Å². The number of allylic oxidation sites excluding steroid dienone is 2. The van der Waals surface area contributed by atoms with E-state index in [1.807, 2.05) is 13.8 Å². The van der Waals surface area contributed by atoms with E-state index in [1.54, 1.807) is 26.0 Å². The Morgan fingerprint density at radius 1 is 1.28 bits per heavy atom. The molecule has 1 aromatic carbocycles. The number of ketones is 1. The van der Waals surface area contributed by atoms with Crippen molar-refractivity contribution in [3.8, 4) is 5.75 Å². The van der Waals surface area contributed by atoms with E-state index in [-0.39, 0.29) is 17.8 Å². The summed E-state index contributed by atoms with van der Waals surface area (Å²) in [6.07, 6.45) is 1.02. The van der Waals surface area contributed by atoms with Crippen LogP contribution < -0.4 is 4.74 Å². The fourth-order valence-electron chi connectivity index (χ4n) is 4.35. The molecule has 3 rings (SSSR count). The molecule has 156 valence electrons. The van der Waals surface area contributed by atoms with Crippen molar-refractivity contribution in [2.45, 2.75) is 46.5 Å². The average molecular weight is 438 g/mol. The molecule has 29 heavy (non-hydrogen) atoms. The van der Waals surface area contributed by atoms with Crippen LogP contribution in [-0.2, 0) is 14.3 Å². The standard InChI is InChI=1S/C22H25Cl2NO4/c1-6-29-21(27)17-11(2)25-15-9-22(3,4)10-16(26)19(15)18(17)13-7-12(23)8-14(24)20(13)28-5/h7-8,17-18H,6,9-10H2,1-5H3/t17?,18-/m0/s1. The summed E-state index contributed by atoms with van der Waals surface area (Å²) in [7, 11) is 1.50. The predicted molar refractivity (Wildman–Crippen MR) is 114 cm³/mol. The first-order valence-electron chi connectivity index (χ1n) is 9.60. The van der Waals surface area contributed by atoms with E-state index in [0.717, 1.165) is 0 Å². The van der Waals surface area contributed by atoms with Gasteiger partial charge >= 0.3 is 5.97 Å². The van der Waals surface area contributed by atoms with Crippen LogP contribution in [0, 0.1) is 11.3 Å². The van der Waals surface area contributed by atoms with Gasteiger partial charge in [-0.15, -0.1) is 0 Å². The highest BCUT2D eigenvalue weighted by Crippen LogP contribution is 2.51. The number of hydrogen-bond donors (Lipinski definition) is 0. The molecule has 1 aliphatic heterocycles. The maximum absolute atomic E-state index is 13.2. The monoisotopic (exact) mass is 437 g/mol. The van der Waals surface area contributed by atoms with E-state index in [4.69, 9.17) is 32.7 Å². The molecule has 2 aliphatic rings. The first-order chi connectivity index (χ1) is 13.6. The SMILES string of the molecule is CCOC(=O)C1C(C)=NC2=C(C(=O)CC(C)(C)C2)[C@H]1c1cc(Cl)cc(Cl)c1OC. The van der Waals surface area contributed by atoms with E-state index >= 15 is 0 Å². The maximum atomic E-state index is 13.2. The number of nitrogens with zero attached hydrogens (tertiary/aromatic N) is 1. The van der Waals surface area contributed by atoms with Gasteiger partial charge in [-0.2, -0.15) is 0 Å².